The number of hydrogen-bond acceptors (Lipinski definition) is 3. The van der Waals surface area contributed by atoms with E-state index in [1.165, 1.54) is 32.1 Å². The molecule has 0 aromatic carbocycles. The molecule has 0 N–H and O–H groups in total. The zero-order valence-corrected chi connectivity index (χ0v) is 11.0. The maximum absolute atomic E-state index is 11.8. The topological polar surface area (TPSA) is 50.1 Å². The summed E-state index contributed by atoms with van der Waals surface area (Å²) in [6.07, 6.45) is 6.36. The average molecular weight is 247 g/mol. The Hall–Kier alpha value is -1.04. The molecule has 4 rings (SSSR count). The first-order chi connectivity index (χ1) is 8.68. The Morgan fingerprint density at radius 2 is 1.78 bits per heavy atom. The smallest absolute Gasteiger partial charge is 0.307 e. The van der Waals surface area contributed by atoms with Crippen molar-refractivity contribution in [3.8, 4) is 6.07 Å². The third kappa shape index (κ3) is 1.66. The molecule has 0 aromatic rings. The van der Waals surface area contributed by atoms with Crippen LogP contribution in [0.15, 0.2) is 0 Å². The van der Waals surface area contributed by atoms with E-state index in [2.05, 4.69) is 6.07 Å². The molecule has 18 heavy (non-hydrogen) atoms. The van der Waals surface area contributed by atoms with Crippen LogP contribution < -0.4 is 0 Å². The second-order valence-corrected chi connectivity index (χ2v) is 6.44. The highest BCUT2D eigenvalue weighted by Crippen LogP contribution is 2.63. The average Bonchev–Trinajstić information content (AvgIpc) is 2.33. The normalized spacial score (nSPS) is 44.7. The Labute approximate surface area is 108 Å². The SMILES string of the molecule is CCOC(=O)CC1(C#N)C2CC3CC(C2)CC1C3. The zero-order chi connectivity index (χ0) is 12.8. The summed E-state index contributed by atoms with van der Waals surface area (Å²) in [5, 5.41) is 9.71. The van der Waals surface area contributed by atoms with Gasteiger partial charge in [-0.05, 0) is 62.7 Å². The zero-order valence-electron chi connectivity index (χ0n) is 11.0. The van der Waals surface area contributed by atoms with Gasteiger partial charge in [0.25, 0.3) is 0 Å². The third-order valence-corrected chi connectivity index (χ3v) is 5.55. The Morgan fingerprint density at radius 1 is 1.22 bits per heavy atom. The summed E-state index contributed by atoms with van der Waals surface area (Å²) >= 11 is 0. The second kappa shape index (κ2) is 4.26. The molecule has 0 heterocycles. The molecule has 3 nitrogen and oxygen atoms in total. The van der Waals surface area contributed by atoms with Gasteiger partial charge in [-0.2, -0.15) is 5.26 Å². The molecule has 4 aliphatic carbocycles. The van der Waals surface area contributed by atoms with E-state index in [0.717, 1.165) is 11.8 Å². The van der Waals surface area contributed by atoms with Crippen molar-refractivity contribution < 1.29 is 9.53 Å². The van der Waals surface area contributed by atoms with Gasteiger partial charge in [-0.1, -0.05) is 0 Å². The summed E-state index contributed by atoms with van der Waals surface area (Å²) in [7, 11) is 0. The van der Waals surface area contributed by atoms with Crippen LogP contribution in [0.2, 0.25) is 0 Å². The van der Waals surface area contributed by atoms with Crippen molar-refractivity contribution in [1.29, 1.82) is 5.26 Å². The van der Waals surface area contributed by atoms with E-state index in [9.17, 15) is 10.1 Å². The second-order valence-electron chi connectivity index (χ2n) is 6.44. The van der Waals surface area contributed by atoms with E-state index in [4.69, 9.17) is 4.74 Å². The van der Waals surface area contributed by atoms with Gasteiger partial charge in [0.2, 0.25) is 0 Å². The lowest BCUT2D eigenvalue weighted by Crippen LogP contribution is -2.53. The lowest BCUT2D eigenvalue weighted by atomic mass is 9.45. The van der Waals surface area contributed by atoms with Gasteiger partial charge < -0.3 is 4.74 Å². The molecule has 4 bridgehead atoms. The fourth-order valence-corrected chi connectivity index (χ4v) is 4.99. The minimum atomic E-state index is -0.403. The van der Waals surface area contributed by atoms with Gasteiger partial charge in [0, 0.05) is 0 Å². The predicted octanol–water partition coefficient (Wildman–Crippen LogP) is 2.91. The number of nitrogens with zero attached hydrogens (tertiary/aromatic N) is 1. The molecule has 0 saturated heterocycles. The summed E-state index contributed by atoms with van der Waals surface area (Å²) in [5.41, 5.74) is -0.403. The number of ether oxygens (including phenoxy) is 1. The monoisotopic (exact) mass is 247 g/mol. The lowest BCUT2D eigenvalue weighted by Gasteiger charge is -2.58. The van der Waals surface area contributed by atoms with Crippen molar-refractivity contribution in [3.05, 3.63) is 0 Å². The van der Waals surface area contributed by atoms with Crippen LogP contribution >= 0.6 is 0 Å². The van der Waals surface area contributed by atoms with Crippen molar-refractivity contribution in [2.45, 2.75) is 45.4 Å². The molecular weight excluding hydrogens is 226 g/mol. The number of nitriles is 1. The molecular formula is C15H21NO2. The molecule has 0 unspecified atom stereocenters. The number of rotatable bonds is 3. The van der Waals surface area contributed by atoms with Crippen molar-refractivity contribution in [1.82, 2.24) is 0 Å². The van der Waals surface area contributed by atoms with Crippen LogP contribution in [-0.2, 0) is 9.53 Å². The van der Waals surface area contributed by atoms with E-state index in [1.54, 1.807) is 0 Å². The van der Waals surface area contributed by atoms with Crippen LogP contribution in [0.4, 0.5) is 0 Å². The van der Waals surface area contributed by atoms with Gasteiger partial charge in [0.1, 0.15) is 0 Å². The Balaban J connectivity index is 1.83. The summed E-state index contributed by atoms with van der Waals surface area (Å²) in [4.78, 5) is 11.8. The summed E-state index contributed by atoms with van der Waals surface area (Å²) in [6, 6.07) is 2.55. The van der Waals surface area contributed by atoms with Crippen LogP contribution in [0.5, 0.6) is 0 Å². The van der Waals surface area contributed by atoms with Gasteiger partial charge in [0.05, 0.1) is 24.5 Å². The molecule has 4 aliphatic rings. The predicted molar refractivity (Wildman–Crippen MR) is 66.3 cm³/mol. The Bertz CT molecular complexity index is 368. The minimum absolute atomic E-state index is 0.175. The molecule has 0 spiro atoms. The highest BCUT2D eigenvalue weighted by Gasteiger charge is 2.58. The van der Waals surface area contributed by atoms with E-state index >= 15 is 0 Å². The molecule has 0 amide bonds. The van der Waals surface area contributed by atoms with Crippen LogP contribution in [0.25, 0.3) is 0 Å². The first-order valence-corrected chi connectivity index (χ1v) is 7.24. The first-order valence-electron chi connectivity index (χ1n) is 7.24. The summed E-state index contributed by atoms with van der Waals surface area (Å²) in [5.74, 6) is 2.38. The van der Waals surface area contributed by atoms with Gasteiger partial charge in [0.15, 0.2) is 0 Å². The summed E-state index contributed by atoms with van der Waals surface area (Å²) in [6.45, 7) is 2.24. The van der Waals surface area contributed by atoms with Gasteiger partial charge in [-0.3, -0.25) is 4.79 Å². The lowest BCUT2D eigenvalue weighted by molar-refractivity contribution is -0.153. The Kier molecular flexibility index (Phi) is 2.84. The highest BCUT2D eigenvalue weighted by atomic mass is 16.5. The fourth-order valence-electron chi connectivity index (χ4n) is 4.99. The van der Waals surface area contributed by atoms with Gasteiger partial charge in [-0.25, -0.2) is 0 Å². The van der Waals surface area contributed by atoms with Crippen molar-refractivity contribution in [2.75, 3.05) is 6.61 Å². The molecule has 0 radical (unpaired) electrons. The van der Waals surface area contributed by atoms with Gasteiger partial charge in [-0.15, -0.1) is 0 Å². The maximum atomic E-state index is 11.8. The van der Waals surface area contributed by atoms with Crippen molar-refractivity contribution in [3.63, 3.8) is 0 Å². The van der Waals surface area contributed by atoms with Crippen LogP contribution in [0, 0.1) is 40.4 Å². The minimum Gasteiger partial charge on any atom is -0.466 e. The summed E-state index contributed by atoms with van der Waals surface area (Å²) < 4.78 is 5.08. The van der Waals surface area contributed by atoms with Crippen LogP contribution in [0.1, 0.15) is 45.4 Å². The van der Waals surface area contributed by atoms with E-state index in [-0.39, 0.29) is 5.97 Å². The first kappa shape index (κ1) is 12.0. The van der Waals surface area contributed by atoms with E-state index in [0.29, 0.717) is 24.9 Å². The Morgan fingerprint density at radius 3 is 2.22 bits per heavy atom. The maximum Gasteiger partial charge on any atom is 0.307 e. The molecule has 4 saturated carbocycles. The van der Waals surface area contributed by atoms with Crippen molar-refractivity contribution in [2.24, 2.45) is 29.1 Å². The standard InChI is InChI=1S/C15H21NO2/c1-2-18-14(17)8-15(9-16)12-4-10-3-11(6-12)7-13(15)5-10/h10-13H,2-8H2,1H3. The molecule has 0 atom stereocenters. The number of hydrogen-bond donors (Lipinski definition) is 0. The quantitative estimate of drug-likeness (QED) is 0.720. The largest absolute Gasteiger partial charge is 0.466 e. The molecule has 4 fully saturated rings. The highest BCUT2D eigenvalue weighted by molar-refractivity contribution is 5.71. The molecule has 98 valence electrons. The number of carbonyl (C=O) groups excluding carboxylic acids is 1. The fraction of sp³-hybridized carbons (Fsp3) is 0.867. The van der Waals surface area contributed by atoms with E-state index in [1.807, 2.05) is 6.92 Å². The van der Waals surface area contributed by atoms with Crippen molar-refractivity contribution >= 4 is 5.97 Å². The number of carbonyl (C=O) groups is 1. The molecule has 0 aromatic heterocycles. The van der Waals surface area contributed by atoms with E-state index < -0.39 is 5.41 Å². The molecule has 3 heteroatoms. The third-order valence-electron chi connectivity index (χ3n) is 5.55. The molecule has 0 aliphatic heterocycles. The van der Waals surface area contributed by atoms with Crippen LogP contribution in [-0.4, -0.2) is 12.6 Å². The van der Waals surface area contributed by atoms with Gasteiger partial charge >= 0.3 is 5.97 Å². The number of esters is 1. The van der Waals surface area contributed by atoms with Crippen LogP contribution in [0.3, 0.4) is 0 Å².